The van der Waals surface area contributed by atoms with Crippen molar-refractivity contribution in [3.63, 3.8) is 0 Å². The quantitative estimate of drug-likeness (QED) is 0.921. The first kappa shape index (κ1) is 14.5. The van der Waals surface area contributed by atoms with E-state index < -0.39 is 0 Å². The Bertz CT molecular complexity index is 502. The van der Waals surface area contributed by atoms with E-state index in [0.29, 0.717) is 25.7 Å². The van der Waals surface area contributed by atoms with Crippen LogP contribution in [0.25, 0.3) is 0 Å². The van der Waals surface area contributed by atoms with Crippen LogP contribution in [0.1, 0.15) is 31.4 Å². The molecule has 1 aromatic rings. The molecule has 1 heterocycles. The third-order valence-electron chi connectivity index (χ3n) is 4.00. The Kier molecular flexibility index (Phi) is 4.22. The molecular formula is C16H21FN2O2. The van der Waals surface area contributed by atoms with Crippen LogP contribution in [-0.4, -0.2) is 42.6 Å². The van der Waals surface area contributed by atoms with Crippen LogP contribution in [0.4, 0.5) is 4.39 Å². The van der Waals surface area contributed by atoms with Crippen LogP contribution in [0.15, 0.2) is 24.3 Å². The fourth-order valence-corrected chi connectivity index (χ4v) is 2.76. The van der Waals surface area contributed by atoms with Crippen molar-refractivity contribution in [3.05, 3.63) is 35.6 Å². The van der Waals surface area contributed by atoms with E-state index >= 15 is 0 Å². The van der Waals surface area contributed by atoms with Gasteiger partial charge in [-0.25, -0.2) is 4.39 Å². The molecule has 2 aliphatic rings. The van der Waals surface area contributed by atoms with Crippen molar-refractivity contribution in [1.29, 1.82) is 0 Å². The van der Waals surface area contributed by atoms with Gasteiger partial charge in [-0.1, -0.05) is 12.1 Å². The van der Waals surface area contributed by atoms with E-state index in [0.717, 1.165) is 18.4 Å². The summed E-state index contributed by atoms with van der Waals surface area (Å²) in [5, 5.41) is 3.06. The van der Waals surface area contributed by atoms with Gasteiger partial charge in [-0.05, 0) is 37.5 Å². The number of amides is 1. The van der Waals surface area contributed by atoms with E-state index in [9.17, 15) is 9.18 Å². The van der Waals surface area contributed by atoms with E-state index in [1.54, 1.807) is 12.1 Å². The topological polar surface area (TPSA) is 41.6 Å². The molecule has 2 unspecified atom stereocenters. The standard InChI is InChI=1S/C16H21FN2O2/c1-11-10-19(8-9-21-11)15(16(20)18-14-6-7-14)12-2-4-13(17)5-3-12/h2-5,11,14-15H,6-10H2,1H3,(H,18,20). The molecule has 1 amide bonds. The zero-order valence-electron chi connectivity index (χ0n) is 12.2. The van der Waals surface area contributed by atoms with Gasteiger partial charge in [-0.3, -0.25) is 9.69 Å². The Hall–Kier alpha value is -1.46. The van der Waals surface area contributed by atoms with Crippen molar-refractivity contribution in [1.82, 2.24) is 10.2 Å². The van der Waals surface area contributed by atoms with Gasteiger partial charge in [-0.2, -0.15) is 0 Å². The summed E-state index contributed by atoms with van der Waals surface area (Å²) in [5.74, 6) is -0.270. The van der Waals surface area contributed by atoms with Crippen LogP contribution in [0.2, 0.25) is 0 Å². The number of benzene rings is 1. The van der Waals surface area contributed by atoms with Crippen LogP contribution < -0.4 is 5.32 Å². The molecule has 1 saturated heterocycles. The van der Waals surface area contributed by atoms with E-state index in [1.165, 1.54) is 12.1 Å². The average molecular weight is 292 g/mol. The predicted octanol–water partition coefficient (Wildman–Crippen LogP) is 1.87. The van der Waals surface area contributed by atoms with Crippen molar-refractivity contribution in [2.45, 2.75) is 38.0 Å². The highest BCUT2D eigenvalue weighted by Crippen LogP contribution is 2.26. The van der Waals surface area contributed by atoms with Crippen molar-refractivity contribution in [2.75, 3.05) is 19.7 Å². The number of hydrogen-bond donors (Lipinski definition) is 1. The first-order chi connectivity index (χ1) is 10.1. The molecule has 0 aromatic heterocycles. The normalized spacial score (nSPS) is 24.6. The number of halogens is 1. The summed E-state index contributed by atoms with van der Waals surface area (Å²) < 4.78 is 18.7. The van der Waals surface area contributed by atoms with E-state index in [1.807, 2.05) is 6.92 Å². The molecule has 1 aliphatic carbocycles. The summed E-state index contributed by atoms with van der Waals surface area (Å²) in [5.41, 5.74) is 0.837. The summed E-state index contributed by atoms with van der Waals surface area (Å²) in [4.78, 5) is 14.7. The first-order valence-corrected chi connectivity index (χ1v) is 7.55. The third-order valence-corrected chi connectivity index (χ3v) is 4.00. The molecule has 1 aromatic carbocycles. The summed E-state index contributed by atoms with van der Waals surface area (Å²) in [6.45, 7) is 4.05. The molecule has 5 heteroatoms. The second-order valence-corrected chi connectivity index (χ2v) is 5.91. The van der Waals surface area contributed by atoms with Crippen molar-refractivity contribution in [3.8, 4) is 0 Å². The molecule has 2 fully saturated rings. The minimum Gasteiger partial charge on any atom is -0.376 e. The molecule has 21 heavy (non-hydrogen) atoms. The maximum absolute atomic E-state index is 13.1. The van der Waals surface area contributed by atoms with E-state index in [4.69, 9.17) is 4.74 Å². The van der Waals surface area contributed by atoms with Crippen molar-refractivity contribution in [2.24, 2.45) is 0 Å². The maximum atomic E-state index is 13.1. The largest absolute Gasteiger partial charge is 0.376 e. The highest BCUT2D eigenvalue weighted by atomic mass is 19.1. The number of rotatable bonds is 4. The van der Waals surface area contributed by atoms with Crippen molar-refractivity contribution < 1.29 is 13.9 Å². The van der Waals surface area contributed by atoms with Gasteiger partial charge in [0.15, 0.2) is 0 Å². The fraction of sp³-hybridized carbons (Fsp3) is 0.562. The number of carbonyl (C=O) groups is 1. The van der Waals surface area contributed by atoms with Gasteiger partial charge in [-0.15, -0.1) is 0 Å². The van der Waals surface area contributed by atoms with E-state index in [2.05, 4.69) is 10.2 Å². The number of nitrogens with one attached hydrogen (secondary N) is 1. The molecule has 1 aliphatic heterocycles. The lowest BCUT2D eigenvalue weighted by molar-refractivity contribution is -0.130. The SMILES string of the molecule is CC1CN(C(C(=O)NC2CC2)c2ccc(F)cc2)CCO1. The summed E-state index contributed by atoms with van der Waals surface area (Å²) >= 11 is 0. The highest BCUT2D eigenvalue weighted by Gasteiger charge is 2.34. The third kappa shape index (κ3) is 3.60. The number of ether oxygens (including phenoxy) is 1. The average Bonchev–Trinajstić information content (AvgIpc) is 3.25. The van der Waals surface area contributed by atoms with E-state index in [-0.39, 0.29) is 23.9 Å². The molecule has 0 bridgehead atoms. The second kappa shape index (κ2) is 6.12. The zero-order valence-corrected chi connectivity index (χ0v) is 12.2. The Morgan fingerprint density at radius 3 is 2.71 bits per heavy atom. The maximum Gasteiger partial charge on any atom is 0.242 e. The molecule has 1 N–H and O–H groups in total. The smallest absolute Gasteiger partial charge is 0.242 e. The molecule has 0 spiro atoms. The van der Waals surface area contributed by atoms with Gasteiger partial charge in [0.05, 0.1) is 12.7 Å². The van der Waals surface area contributed by atoms with Gasteiger partial charge in [0.2, 0.25) is 5.91 Å². The highest BCUT2D eigenvalue weighted by molar-refractivity contribution is 5.83. The molecule has 0 radical (unpaired) electrons. The van der Waals surface area contributed by atoms with Crippen LogP contribution in [0, 0.1) is 5.82 Å². The van der Waals surface area contributed by atoms with Crippen LogP contribution in [0.5, 0.6) is 0 Å². The number of carbonyl (C=O) groups excluding carboxylic acids is 1. The minimum absolute atomic E-state index is 0.0122. The molecule has 114 valence electrons. The van der Waals surface area contributed by atoms with Gasteiger partial charge < -0.3 is 10.1 Å². The Morgan fingerprint density at radius 1 is 1.38 bits per heavy atom. The van der Waals surface area contributed by atoms with Crippen LogP contribution >= 0.6 is 0 Å². The first-order valence-electron chi connectivity index (χ1n) is 7.55. The number of morpholine rings is 1. The van der Waals surface area contributed by atoms with Gasteiger partial charge in [0, 0.05) is 19.1 Å². The molecule has 3 rings (SSSR count). The Balaban J connectivity index is 1.82. The van der Waals surface area contributed by atoms with Crippen LogP contribution in [0.3, 0.4) is 0 Å². The molecule has 1 saturated carbocycles. The number of hydrogen-bond acceptors (Lipinski definition) is 3. The monoisotopic (exact) mass is 292 g/mol. The summed E-state index contributed by atoms with van der Waals surface area (Å²) in [6.07, 6.45) is 2.22. The molecular weight excluding hydrogens is 271 g/mol. The fourth-order valence-electron chi connectivity index (χ4n) is 2.76. The lowest BCUT2D eigenvalue weighted by atomic mass is 10.0. The predicted molar refractivity (Wildman–Crippen MR) is 77.3 cm³/mol. The molecule has 2 atom stereocenters. The van der Waals surface area contributed by atoms with Gasteiger partial charge in [0.25, 0.3) is 0 Å². The Morgan fingerprint density at radius 2 is 2.10 bits per heavy atom. The molecule has 4 nitrogen and oxygen atoms in total. The lowest BCUT2D eigenvalue weighted by Gasteiger charge is -2.36. The lowest BCUT2D eigenvalue weighted by Crippen LogP contribution is -2.48. The second-order valence-electron chi connectivity index (χ2n) is 5.91. The minimum atomic E-state index is -0.363. The van der Waals surface area contributed by atoms with Crippen LogP contribution in [-0.2, 0) is 9.53 Å². The van der Waals surface area contributed by atoms with Crippen molar-refractivity contribution >= 4 is 5.91 Å². The Labute approximate surface area is 124 Å². The zero-order chi connectivity index (χ0) is 14.8. The number of nitrogens with zero attached hydrogens (tertiary/aromatic N) is 1. The van der Waals surface area contributed by atoms with Gasteiger partial charge in [0.1, 0.15) is 11.9 Å². The van der Waals surface area contributed by atoms with Gasteiger partial charge >= 0.3 is 0 Å². The summed E-state index contributed by atoms with van der Waals surface area (Å²) in [7, 11) is 0. The summed E-state index contributed by atoms with van der Waals surface area (Å²) in [6, 6.07) is 6.18.